The van der Waals surface area contributed by atoms with E-state index in [1.807, 2.05) is 47.5 Å². The highest BCUT2D eigenvalue weighted by molar-refractivity contribution is 7.98. The van der Waals surface area contributed by atoms with Gasteiger partial charge >= 0.3 is 0 Å². The van der Waals surface area contributed by atoms with Gasteiger partial charge in [0.05, 0.1) is 12.1 Å². The molecular formula is C15H17NOS2. The minimum absolute atomic E-state index is 0.138. The SMILES string of the molecule is CCCSCc1nc(CC(=O)c2ccccc2)cs1. The molecule has 2 aromatic rings. The Balaban J connectivity index is 1.91. The minimum Gasteiger partial charge on any atom is -0.294 e. The molecule has 0 aliphatic heterocycles. The number of nitrogens with zero attached hydrogens (tertiary/aromatic N) is 1. The summed E-state index contributed by atoms with van der Waals surface area (Å²) in [6.07, 6.45) is 1.59. The Labute approximate surface area is 122 Å². The Morgan fingerprint density at radius 1 is 1.32 bits per heavy atom. The first kappa shape index (κ1) is 14.3. The quantitative estimate of drug-likeness (QED) is 0.565. The summed E-state index contributed by atoms with van der Waals surface area (Å²) in [4.78, 5) is 16.6. The molecule has 0 bridgehead atoms. The van der Waals surface area contributed by atoms with Gasteiger partial charge < -0.3 is 0 Å². The number of benzene rings is 1. The van der Waals surface area contributed by atoms with Gasteiger partial charge in [0.2, 0.25) is 0 Å². The smallest absolute Gasteiger partial charge is 0.168 e. The number of carbonyl (C=O) groups is 1. The van der Waals surface area contributed by atoms with E-state index in [9.17, 15) is 4.79 Å². The Kier molecular flexibility index (Phi) is 5.61. The summed E-state index contributed by atoms with van der Waals surface area (Å²) in [6.45, 7) is 2.18. The molecular weight excluding hydrogens is 274 g/mol. The minimum atomic E-state index is 0.138. The van der Waals surface area contributed by atoms with Crippen molar-refractivity contribution in [2.24, 2.45) is 0 Å². The molecule has 0 spiro atoms. The van der Waals surface area contributed by atoms with Crippen molar-refractivity contribution in [2.45, 2.75) is 25.5 Å². The van der Waals surface area contributed by atoms with Crippen LogP contribution in [0.3, 0.4) is 0 Å². The van der Waals surface area contributed by atoms with Crippen LogP contribution in [-0.4, -0.2) is 16.5 Å². The van der Waals surface area contributed by atoms with Crippen molar-refractivity contribution in [2.75, 3.05) is 5.75 Å². The summed E-state index contributed by atoms with van der Waals surface area (Å²) >= 11 is 3.55. The number of ketones is 1. The Bertz CT molecular complexity index is 522. The van der Waals surface area contributed by atoms with Crippen LogP contribution in [0.15, 0.2) is 35.7 Å². The lowest BCUT2D eigenvalue weighted by atomic mass is 10.1. The first-order chi connectivity index (χ1) is 9.29. The van der Waals surface area contributed by atoms with E-state index in [-0.39, 0.29) is 5.78 Å². The van der Waals surface area contributed by atoms with Gasteiger partial charge in [-0.1, -0.05) is 37.3 Å². The molecule has 4 heteroatoms. The average Bonchev–Trinajstić information content (AvgIpc) is 2.88. The largest absolute Gasteiger partial charge is 0.294 e. The Hall–Kier alpha value is -1.13. The normalized spacial score (nSPS) is 10.6. The third-order valence-corrected chi connectivity index (χ3v) is 4.87. The summed E-state index contributed by atoms with van der Waals surface area (Å²) < 4.78 is 0. The molecule has 0 saturated carbocycles. The molecule has 0 N–H and O–H groups in total. The number of thiazole rings is 1. The van der Waals surface area contributed by atoms with Gasteiger partial charge in [-0.25, -0.2) is 4.98 Å². The van der Waals surface area contributed by atoms with Crippen LogP contribution in [0.1, 0.15) is 34.4 Å². The van der Waals surface area contributed by atoms with Crippen molar-refractivity contribution in [3.8, 4) is 0 Å². The van der Waals surface area contributed by atoms with E-state index in [1.165, 1.54) is 6.42 Å². The molecule has 19 heavy (non-hydrogen) atoms. The maximum absolute atomic E-state index is 12.0. The average molecular weight is 291 g/mol. The van der Waals surface area contributed by atoms with Crippen LogP contribution >= 0.6 is 23.1 Å². The second-order valence-corrected chi connectivity index (χ2v) is 6.30. The van der Waals surface area contributed by atoms with E-state index in [0.29, 0.717) is 6.42 Å². The first-order valence-electron chi connectivity index (χ1n) is 6.39. The summed E-state index contributed by atoms with van der Waals surface area (Å²) in [6, 6.07) is 9.41. The van der Waals surface area contributed by atoms with Crippen LogP contribution in [0, 0.1) is 0 Å². The highest BCUT2D eigenvalue weighted by Crippen LogP contribution is 2.18. The fourth-order valence-corrected chi connectivity index (χ4v) is 3.46. The van der Waals surface area contributed by atoms with E-state index in [4.69, 9.17) is 0 Å². The van der Waals surface area contributed by atoms with E-state index in [2.05, 4.69) is 11.9 Å². The predicted molar refractivity (Wildman–Crippen MR) is 83.0 cm³/mol. The molecule has 0 fully saturated rings. The number of thioether (sulfide) groups is 1. The Morgan fingerprint density at radius 3 is 2.84 bits per heavy atom. The highest BCUT2D eigenvalue weighted by Gasteiger charge is 2.09. The zero-order valence-corrected chi connectivity index (χ0v) is 12.6. The standard InChI is InChI=1S/C15H17NOS2/c1-2-8-18-11-15-16-13(10-19-15)9-14(17)12-6-4-3-5-7-12/h3-7,10H,2,8-9,11H2,1H3. The second kappa shape index (κ2) is 7.46. The third kappa shape index (κ3) is 4.48. The van der Waals surface area contributed by atoms with E-state index < -0.39 is 0 Å². The lowest BCUT2D eigenvalue weighted by Crippen LogP contribution is -2.03. The lowest BCUT2D eigenvalue weighted by Gasteiger charge is -1.98. The van der Waals surface area contributed by atoms with Crippen LogP contribution in [0.2, 0.25) is 0 Å². The molecule has 1 heterocycles. The number of carbonyl (C=O) groups excluding carboxylic acids is 1. The van der Waals surface area contributed by atoms with Crippen molar-refractivity contribution in [3.63, 3.8) is 0 Å². The maximum atomic E-state index is 12.0. The molecule has 2 rings (SSSR count). The molecule has 2 nitrogen and oxygen atoms in total. The highest BCUT2D eigenvalue weighted by atomic mass is 32.2. The van der Waals surface area contributed by atoms with Crippen LogP contribution < -0.4 is 0 Å². The van der Waals surface area contributed by atoms with E-state index >= 15 is 0 Å². The van der Waals surface area contributed by atoms with Crippen molar-refractivity contribution < 1.29 is 4.79 Å². The van der Waals surface area contributed by atoms with Gasteiger partial charge in [-0.15, -0.1) is 11.3 Å². The summed E-state index contributed by atoms with van der Waals surface area (Å²) in [5.41, 5.74) is 1.66. The lowest BCUT2D eigenvalue weighted by molar-refractivity contribution is 0.0992. The Morgan fingerprint density at radius 2 is 2.11 bits per heavy atom. The summed E-state index contributed by atoms with van der Waals surface area (Å²) in [5.74, 6) is 2.26. The van der Waals surface area contributed by atoms with Crippen molar-refractivity contribution in [3.05, 3.63) is 52.0 Å². The van der Waals surface area contributed by atoms with Crippen molar-refractivity contribution in [1.29, 1.82) is 0 Å². The number of hydrogen-bond donors (Lipinski definition) is 0. The van der Waals surface area contributed by atoms with Gasteiger partial charge in [-0.2, -0.15) is 11.8 Å². The van der Waals surface area contributed by atoms with Crippen LogP contribution in [-0.2, 0) is 12.2 Å². The summed E-state index contributed by atoms with van der Waals surface area (Å²) in [7, 11) is 0. The van der Waals surface area contributed by atoms with Crippen molar-refractivity contribution in [1.82, 2.24) is 4.98 Å². The fourth-order valence-electron chi connectivity index (χ4n) is 1.69. The number of rotatable bonds is 7. The molecule has 0 radical (unpaired) electrons. The van der Waals surface area contributed by atoms with E-state index in [1.54, 1.807) is 11.3 Å². The van der Waals surface area contributed by atoms with Crippen LogP contribution in [0.4, 0.5) is 0 Å². The molecule has 0 saturated heterocycles. The predicted octanol–water partition coefficient (Wildman–Crippen LogP) is 4.21. The number of hydrogen-bond acceptors (Lipinski definition) is 4. The molecule has 0 amide bonds. The monoisotopic (exact) mass is 291 g/mol. The fraction of sp³-hybridized carbons (Fsp3) is 0.333. The topological polar surface area (TPSA) is 30.0 Å². The molecule has 1 aromatic carbocycles. The van der Waals surface area contributed by atoms with Gasteiger partial charge in [0.15, 0.2) is 5.78 Å². The van der Waals surface area contributed by atoms with Gasteiger partial charge in [-0.05, 0) is 12.2 Å². The second-order valence-electron chi connectivity index (χ2n) is 4.25. The van der Waals surface area contributed by atoms with Crippen LogP contribution in [0.25, 0.3) is 0 Å². The molecule has 0 unspecified atom stereocenters. The molecule has 0 aliphatic carbocycles. The van der Waals surface area contributed by atoms with E-state index in [0.717, 1.165) is 27.8 Å². The van der Waals surface area contributed by atoms with Gasteiger partial charge in [-0.3, -0.25) is 4.79 Å². The zero-order chi connectivity index (χ0) is 13.5. The number of Topliss-reactive ketones (excluding diaryl/α,β-unsaturated/α-hetero) is 1. The molecule has 100 valence electrons. The first-order valence-corrected chi connectivity index (χ1v) is 8.42. The molecule has 0 aliphatic rings. The zero-order valence-electron chi connectivity index (χ0n) is 11.0. The van der Waals surface area contributed by atoms with Crippen LogP contribution in [0.5, 0.6) is 0 Å². The van der Waals surface area contributed by atoms with Gasteiger partial charge in [0.25, 0.3) is 0 Å². The molecule has 1 aromatic heterocycles. The third-order valence-electron chi connectivity index (χ3n) is 2.61. The maximum Gasteiger partial charge on any atom is 0.168 e. The number of aromatic nitrogens is 1. The van der Waals surface area contributed by atoms with Gasteiger partial charge in [0.1, 0.15) is 5.01 Å². The van der Waals surface area contributed by atoms with Crippen molar-refractivity contribution >= 4 is 28.9 Å². The summed E-state index contributed by atoms with van der Waals surface area (Å²) in [5, 5.41) is 3.12. The van der Waals surface area contributed by atoms with Gasteiger partial charge in [0, 0.05) is 16.7 Å². The molecule has 0 atom stereocenters.